The summed E-state index contributed by atoms with van der Waals surface area (Å²) in [5, 5.41) is 3.58. The number of hydrogen-bond acceptors (Lipinski definition) is 4. The summed E-state index contributed by atoms with van der Waals surface area (Å²) in [6, 6.07) is 8.04. The van der Waals surface area contributed by atoms with Gasteiger partial charge in [0.1, 0.15) is 16.7 Å². The van der Waals surface area contributed by atoms with Crippen LogP contribution in [-0.2, 0) is 6.42 Å². The van der Waals surface area contributed by atoms with Crippen LogP contribution >= 0.6 is 11.6 Å². The molecule has 0 atom stereocenters. The van der Waals surface area contributed by atoms with Crippen molar-refractivity contribution in [2.75, 3.05) is 18.5 Å². The molecule has 1 aromatic heterocycles. The molecule has 2 rings (SSSR count). The maximum absolute atomic E-state index is 5.77. The molecule has 100 valence electrons. The predicted molar refractivity (Wildman–Crippen MR) is 76.8 cm³/mol. The molecule has 1 aromatic carbocycles. The molecule has 2 aromatic rings. The molecule has 0 bridgehead atoms. The first-order chi connectivity index (χ1) is 9.29. The summed E-state index contributed by atoms with van der Waals surface area (Å²) in [4.78, 5) is 8.10. The quantitative estimate of drug-likeness (QED) is 0.881. The van der Waals surface area contributed by atoms with Gasteiger partial charge in [-0.1, -0.05) is 29.8 Å². The van der Waals surface area contributed by atoms with E-state index in [0.717, 1.165) is 18.7 Å². The van der Waals surface area contributed by atoms with Gasteiger partial charge in [-0.2, -0.15) is 0 Å². The van der Waals surface area contributed by atoms with Crippen LogP contribution in [0.15, 0.2) is 36.7 Å². The van der Waals surface area contributed by atoms with Crippen LogP contribution in [0.4, 0.5) is 5.82 Å². The number of nitrogens with one attached hydrogen (secondary N) is 1. The van der Waals surface area contributed by atoms with E-state index in [4.69, 9.17) is 16.3 Å². The fourth-order valence-electron chi connectivity index (χ4n) is 1.76. The van der Waals surface area contributed by atoms with Crippen LogP contribution in [0.25, 0.3) is 0 Å². The van der Waals surface area contributed by atoms with Crippen LogP contribution in [0.5, 0.6) is 5.75 Å². The van der Waals surface area contributed by atoms with E-state index in [1.807, 2.05) is 25.1 Å². The maximum Gasteiger partial charge on any atom is 0.149 e. The molecule has 4 nitrogen and oxygen atoms in total. The second kappa shape index (κ2) is 6.95. The minimum Gasteiger partial charge on any atom is -0.494 e. The third-order valence-electron chi connectivity index (χ3n) is 2.58. The van der Waals surface area contributed by atoms with Crippen molar-refractivity contribution in [1.82, 2.24) is 9.97 Å². The van der Waals surface area contributed by atoms with Gasteiger partial charge in [-0.25, -0.2) is 4.98 Å². The van der Waals surface area contributed by atoms with Crippen molar-refractivity contribution < 1.29 is 4.74 Å². The molecule has 0 fully saturated rings. The van der Waals surface area contributed by atoms with Crippen molar-refractivity contribution in [1.29, 1.82) is 0 Å². The number of aromatic nitrogens is 2. The van der Waals surface area contributed by atoms with Gasteiger partial charge in [0.2, 0.25) is 0 Å². The molecular weight excluding hydrogens is 262 g/mol. The van der Waals surface area contributed by atoms with Crippen LogP contribution < -0.4 is 10.1 Å². The monoisotopic (exact) mass is 277 g/mol. The van der Waals surface area contributed by atoms with Gasteiger partial charge < -0.3 is 10.1 Å². The van der Waals surface area contributed by atoms with Crippen molar-refractivity contribution in [3.8, 4) is 5.75 Å². The highest BCUT2D eigenvalue weighted by Crippen LogP contribution is 2.18. The van der Waals surface area contributed by atoms with Gasteiger partial charge in [0, 0.05) is 6.54 Å². The molecule has 0 saturated carbocycles. The highest BCUT2D eigenvalue weighted by atomic mass is 35.5. The molecule has 1 N–H and O–H groups in total. The zero-order chi connectivity index (χ0) is 13.5. The first kappa shape index (κ1) is 13.6. The number of rotatable bonds is 6. The Balaban J connectivity index is 1.92. The highest BCUT2D eigenvalue weighted by Gasteiger charge is 2.02. The minimum absolute atomic E-state index is 0.389. The lowest BCUT2D eigenvalue weighted by Gasteiger charge is -2.10. The minimum atomic E-state index is 0.389. The summed E-state index contributed by atoms with van der Waals surface area (Å²) in [7, 11) is 0. The highest BCUT2D eigenvalue weighted by molar-refractivity contribution is 6.29. The second-order valence-electron chi connectivity index (χ2n) is 3.94. The van der Waals surface area contributed by atoms with E-state index in [9.17, 15) is 0 Å². The standard InChI is InChI=1S/C14H16ClN3O/c1-2-19-12-6-4-3-5-11(12)7-8-17-14-10-16-9-13(15)18-14/h3-6,9-10H,2,7-8H2,1H3,(H,17,18). The number of para-hydroxylation sites is 1. The Labute approximate surface area is 117 Å². The molecule has 19 heavy (non-hydrogen) atoms. The summed E-state index contributed by atoms with van der Waals surface area (Å²) in [6.45, 7) is 3.40. The SMILES string of the molecule is CCOc1ccccc1CCNc1cncc(Cl)n1. The molecule has 5 heteroatoms. The second-order valence-corrected chi connectivity index (χ2v) is 4.33. The van der Waals surface area contributed by atoms with E-state index < -0.39 is 0 Å². The summed E-state index contributed by atoms with van der Waals surface area (Å²) < 4.78 is 5.58. The van der Waals surface area contributed by atoms with E-state index >= 15 is 0 Å². The molecule has 1 heterocycles. The number of nitrogens with zero attached hydrogens (tertiary/aromatic N) is 2. The lowest BCUT2D eigenvalue weighted by atomic mass is 10.1. The van der Waals surface area contributed by atoms with Crippen molar-refractivity contribution in [2.24, 2.45) is 0 Å². The van der Waals surface area contributed by atoms with Crippen LogP contribution in [0.2, 0.25) is 5.15 Å². The number of ether oxygens (including phenoxy) is 1. The number of benzene rings is 1. The van der Waals surface area contributed by atoms with E-state index in [-0.39, 0.29) is 0 Å². The Bertz CT molecular complexity index is 534. The van der Waals surface area contributed by atoms with Crippen LogP contribution in [-0.4, -0.2) is 23.1 Å². The van der Waals surface area contributed by atoms with Gasteiger partial charge in [0.05, 0.1) is 19.0 Å². The Hall–Kier alpha value is -1.81. The van der Waals surface area contributed by atoms with Crippen molar-refractivity contribution in [2.45, 2.75) is 13.3 Å². The van der Waals surface area contributed by atoms with E-state index in [1.54, 1.807) is 6.20 Å². The van der Waals surface area contributed by atoms with Crippen LogP contribution in [0.3, 0.4) is 0 Å². The zero-order valence-electron chi connectivity index (χ0n) is 10.8. The summed E-state index contributed by atoms with van der Waals surface area (Å²) >= 11 is 5.77. The molecule has 0 aliphatic rings. The number of anilines is 1. The van der Waals surface area contributed by atoms with Crippen LogP contribution in [0.1, 0.15) is 12.5 Å². The van der Waals surface area contributed by atoms with E-state index in [1.165, 1.54) is 11.8 Å². The third kappa shape index (κ3) is 4.10. The molecule has 0 amide bonds. The Morgan fingerprint density at radius 3 is 2.89 bits per heavy atom. The topological polar surface area (TPSA) is 47.0 Å². The first-order valence-electron chi connectivity index (χ1n) is 6.21. The summed E-state index contributed by atoms with van der Waals surface area (Å²) in [5.74, 6) is 1.62. The average Bonchev–Trinajstić information content (AvgIpc) is 2.41. The first-order valence-corrected chi connectivity index (χ1v) is 6.59. The van der Waals surface area contributed by atoms with Crippen LogP contribution in [0, 0.1) is 0 Å². The van der Waals surface area contributed by atoms with Gasteiger partial charge in [0.15, 0.2) is 0 Å². The fourth-order valence-corrected chi connectivity index (χ4v) is 1.91. The van der Waals surface area contributed by atoms with Gasteiger partial charge in [-0.05, 0) is 25.0 Å². The van der Waals surface area contributed by atoms with Gasteiger partial charge in [-0.15, -0.1) is 0 Å². The van der Waals surface area contributed by atoms with E-state index in [0.29, 0.717) is 17.6 Å². The number of hydrogen-bond donors (Lipinski definition) is 1. The summed E-state index contributed by atoms with van der Waals surface area (Å²) in [5.41, 5.74) is 1.17. The normalized spacial score (nSPS) is 10.2. The summed E-state index contributed by atoms with van der Waals surface area (Å²) in [6.07, 6.45) is 4.02. The Morgan fingerprint density at radius 2 is 2.11 bits per heavy atom. The maximum atomic E-state index is 5.77. The molecule has 0 radical (unpaired) electrons. The van der Waals surface area contributed by atoms with Gasteiger partial charge in [-0.3, -0.25) is 4.98 Å². The fraction of sp³-hybridized carbons (Fsp3) is 0.286. The molecule has 0 spiro atoms. The average molecular weight is 278 g/mol. The molecule has 0 saturated heterocycles. The molecular formula is C14H16ClN3O. The van der Waals surface area contributed by atoms with Crippen molar-refractivity contribution >= 4 is 17.4 Å². The molecule has 0 aliphatic carbocycles. The largest absolute Gasteiger partial charge is 0.494 e. The molecule has 0 aliphatic heterocycles. The van der Waals surface area contributed by atoms with Crippen molar-refractivity contribution in [3.05, 3.63) is 47.4 Å². The van der Waals surface area contributed by atoms with Gasteiger partial charge in [0.25, 0.3) is 0 Å². The Morgan fingerprint density at radius 1 is 1.26 bits per heavy atom. The van der Waals surface area contributed by atoms with E-state index in [2.05, 4.69) is 21.4 Å². The zero-order valence-corrected chi connectivity index (χ0v) is 11.5. The lowest BCUT2D eigenvalue weighted by Crippen LogP contribution is -2.08. The lowest BCUT2D eigenvalue weighted by molar-refractivity contribution is 0.336. The Kier molecular flexibility index (Phi) is 4.98. The predicted octanol–water partition coefficient (Wildman–Crippen LogP) is 3.18. The smallest absolute Gasteiger partial charge is 0.149 e. The molecule has 0 unspecified atom stereocenters. The van der Waals surface area contributed by atoms with Gasteiger partial charge >= 0.3 is 0 Å². The van der Waals surface area contributed by atoms with Crippen molar-refractivity contribution in [3.63, 3.8) is 0 Å². The third-order valence-corrected chi connectivity index (χ3v) is 2.76. The number of halogens is 1.